The van der Waals surface area contributed by atoms with Crippen LogP contribution in [0.3, 0.4) is 0 Å². The number of sulfone groups is 1. The Balaban J connectivity index is 1.51. The van der Waals surface area contributed by atoms with Crippen LogP contribution in [-0.4, -0.2) is 79.4 Å². The van der Waals surface area contributed by atoms with Gasteiger partial charge in [-0.25, -0.2) is 13.4 Å². The number of pyridine rings is 1. The molecule has 2 aliphatic heterocycles. The first kappa shape index (κ1) is 39.5. The van der Waals surface area contributed by atoms with Gasteiger partial charge in [-0.05, 0) is 69.1 Å². The first-order valence-electron chi connectivity index (χ1n) is 17.0. The smallest absolute Gasteiger partial charge is 0.337 e. The predicted molar refractivity (Wildman–Crippen MR) is 182 cm³/mol. The fourth-order valence-corrected chi connectivity index (χ4v) is 8.34. The minimum Gasteiger partial charge on any atom is -0.337 e. The maximum Gasteiger partial charge on any atom is 0.416 e. The highest BCUT2D eigenvalue weighted by Gasteiger charge is 2.48. The Hall–Kier alpha value is -4.22. The molecule has 0 bridgehead atoms. The molecule has 4 aromatic rings. The van der Waals surface area contributed by atoms with Crippen LogP contribution in [0.1, 0.15) is 58.8 Å². The van der Waals surface area contributed by atoms with Crippen LogP contribution in [0.15, 0.2) is 77.7 Å². The van der Waals surface area contributed by atoms with Gasteiger partial charge in [0.25, 0.3) is 5.91 Å². The van der Waals surface area contributed by atoms with Gasteiger partial charge >= 0.3 is 18.5 Å². The van der Waals surface area contributed by atoms with E-state index >= 15 is 0 Å². The number of aromatic nitrogens is 1. The van der Waals surface area contributed by atoms with E-state index in [1.165, 1.54) is 47.4 Å². The normalized spacial score (nSPS) is 19.0. The summed E-state index contributed by atoms with van der Waals surface area (Å²) in [6.45, 7) is 0.382. The second-order valence-electron chi connectivity index (χ2n) is 13.6. The topological polar surface area (TPSA) is 82.6 Å². The fourth-order valence-electron chi connectivity index (χ4n) is 7.51. The van der Waals surface area contributed by atoms with E-state index in [4.69, 9.17) is 0 Å². The number of fused-ring (bicyclic) bond motifs is 1. The second-order valence-corrected chi connectivity index (χ2v) is 15.6. The lowest BCUT2D eigenvalue weighted by atomic mass is 9.93. The van der Waals surface area contributed by atoms with Crippen molar-refractivity contribution in [2.24, 2.45) is 0 Å². The lowest BCUT2D eigenvalue weighted by Gasteiger charge is -2.40. The van der Waals surface area contributed by atoms with E-state index in [1.807, 2.05) is 5.32 Å². The molecule has 1 unspecified atom stereocenters. The zero-order valence-electron chi connectivity index (χ0n) is 28.7. The van der Waals surface area contributed by atoms with Crippen molar-refractivity contribution in [3.8, 4) is 11.3 Å². The van der Waals surface area contributed by atoms with Crippen LogP contribution in [0.5, 0.6) is 0 Å². The number of para-hydroxylation sites is 1. The molecule has 2 saturated heterocycles. The number of hydrogen-bond donors (Lipinski definition) is 1. The molecule has 1 amide bonds. The summed E-state index contributed by atoms with van der Waals surface area (Å²) in [5.41, 5.74) is -2.70. The number of carbonyl (C=O) groups is 1. The Morgan fingerprint density at radius 3 is 2.15 bits per heavy atom. The van der Waals surface area contributed by atoms with Crippen LogP contribution in [0.4, 0.5) is 39.5 Å². The SMILES string of the molecule is CS(=O)(=O)c1cccc2c(C(=O)N[C@H](c3ccccc3)C(F)(F)F)c(CN3CCC(N4CCCC4C(F)(F)F)CC3)c(-c3cccc(C(F)(F)F)c3)nc12. The highest BCUT2D eigenvalue weighted by Crippen LogP contribution is 2.40. The molecule has 0 spiro atoms. The molecule has 1 aromatic heterocycles. The van der Waals surface area contributed by atoms with Gasteiger partial charge in [0.2, 0.25) is 0 Å². The quantitative estimate of drug-likeness (QED) is 0.181. The van der Waals surface area contributed by atoms with Crippen LogP contribution in [0.25, 0.3) is 22.2 Å². The van der Waals surface area contributed by atoms with Crippen molar-refractivity contribution in [3.63, 3.8) is 0 Å². The van der Waals surface area contributed by atoms with Crippen LogP contribution in [-0.2, 0) is 22.6 Å². The van der Waals surface area contributed by atoms with Crippen molar-refractivity contribution in [3.05, 3.63) is 95.1 Å². The van der Waals surface area contributed by atoms with Crippen LogP contribution >= 0.6 is 0 Å². The molecular weight excluding hydrogens is 751 g/mol. The summed E-state index contributed by atoms with van der Waals surface area (Å²) in [6.07, 6.45) is -12.5. The highest BCUT2D eigenvalue weighted by atomic mass is 32.2. The lowest BCUT2D eigenvalue weighted by molar-refractivity contribution is -0.182. The Morgan fingerprint density at radius 1 is 0.870 bits per heavy atom. The number of benzene rings is 3. The van der Waals surface area contributed by atoms with Gasteiger partial charge in [0.15, 0.2) is 15.9 Å². The minimum absolute atomic E-state index is 0.0251. The Morgan fingerprint density at radius 2 is 1.54 bits per heavy atom. The van der Waals surface area contributed by atoms with E-state index in [0.717, 1.165) is 36.6 Å². The number of likely N-dealkylation sites (tertiary alicyclic amines) is 2. The largest absolute Gasteiger partial charge is 0.416 e. The summed E-state index contributed by atoms with van der Waals surface area (Å²) in [4.78, 5) is 21.7. The van der Waals surface area contributed by atoms with Crippen LogP contribution in [0, 0.1) is 0 Å². The highest BCUT2D eigenvalue weighted by molar-refractivity contribution is 7.91. The molecule has 3 heterocycles. The standard InChI is InChI=1S/C37H35F9N4O3S/c1-54(52,53)28-13-6-12-26-30(34(51)48-33(37(44,45)46)22-8-3-2-4-9-22)27(31(47-32(26)28)23-10-5-11-24(20-23)35(38,39)40)21-49-18-15-25(16-19-49)50-17-7-14-29(50)36(41,42)43/h2-6,8-13,20,25,29,33H,7,14-19,21H2,1H3,(H,48,51)/t29?,33-/m1/s1. The van der Waals surface area contributed by atoms with E-state index in [2.05, 4.69) is 4.98 Å². The number of nitrogens with one attached hydrogen (secondary N) is 1. The molecule has 2 aliphatic rings. The van der Waals surface area contributed by atoms with Gasteiger partial charge in [-0.1, -0.05) is 54.6 Å². The Bertz CT molecular complexity index is 2120. The van der Waals surface area contributed by atoms with Gasteiger partial charge < -0.3 is 5.32 Å². The van der Waals surface area contributed by atoms with Crippen molar-refractivity contribution in [2.45, 2.75) is 73.8 Å². The van der Waals surface area contributed by atoms with Crippen molar-refractivity contribution >= 4 is 26.6 Å². The lowest BCUT2D eigenvalue weighted by Crippen LogP contribution is -2.50. The number of alkyl halides is 9. The summed E-state index contributed by atoms with van der Waals surface area (Å²) in [6, 6.07) is 9.60. The number of rotatable bonds is 8. The molecule has 17 heteroatoms. The van der Waals surface area contributed by atoms with Crippen molar-refractivity contribution in [2.75, 3.05) is 25.9 Å². The molecule has 6 rings (SSSR count). The van der Waals surface area contributed by atoms with Gasteiger partial charge in [0.05, 0.1) is 27.2 Å². The zero-order chi connectivity index (χ0) is 39.2. The summed E-state index contributed by atoms with van der Waals surface area (Å²) in [5.74, 6) is -1.29. The first-order valence-corrected chi connectivity index (χ1v) is 18.9. The van der Waals surface area contributed by atoms with Gasteiger partial charge in [-0.15, -0.1) is 0 Å². The Labute approximate surface area is 305 Å². The number of hydrogen-bond acceptors (Lipinski definition) is 6. The predicted octanol–water partition coefficient (Wildman–Crippen LogP) is 8.35. The monoisotopic (exact) mass is 786 g/mol. The maximum atomic E-state index is 14.6. The molecule has 1 N–H and O–H groups in total. The summed E-state index contributed by atoms with van der Waals surface area (Å²) in [5, 5.41) is 1.88. The number of halogens is 9. The van der Waals surface area contributed by atoms with Crippen LogP contribution in [0.2, 0.25) is 0 Å². The van der Waals surface area contributed by atoms with E-state index in [-0.39, 0.29) is 78.7 Å². The molecule has 7 nitrogen and oxygen atoms in total. The molecule has 2 atom stereocenters. The number of carbonyl (C=O) groups excluding carboxylic acids is 1. The third kappa shape index (κ3) is 8.37. The molecule has 3 aromatic carbocycles. The molecule has 0 saturated carbocycles. The molecule has 54 heavy (non-hydrogen) atoms. The average Bonchev–Trinajstić information content (AvgIpc) is 3.61. The third-order valence-electron chi connectivity index (χ3n) is 9.98. The molecule has 2 fully saturated rings. The second kappa shape index (κ2) is 14.8. The summed E-state index contributed by atoms with van der Waals surface area (Å²) in [7, 11) is -4.11. The molecule has 0 radical (unpaired) electrons. The van der Waals surface area contributed by atoms with Gasteiger partial charge in [-0.3, -0.25) is 14.6 Å². The minimum atomic E-state index is -5.01. The number of piperidine rings is 1. The Kier molecular flexibility index (Phi) is 10.8. The molecular formula is C37H35F9N4O3S. The van der Waals surface area contributed by atoms with Gasteiger partial charge in [0.1, 0.15) is 6.04 Å². The van der Waals surface area contributed by atoms with Gasteiger partial charge in [0, 0.05) is 35.4 Å². The molecule has 290 valence electrons. The number of nitrogens with zero attached hydrogens (tertiary/aromatic N) is 3. The van der Waals surface area contributed by atoms with E-state index in [0.29, 0.717) is 6.42 Å². The van der Waals surface area contributed by atoms with Crippen molar-refractivity contribution in [1.82, 2.24) is 20.1 Å². The zero-order valence-corrected chi connectivity index (χ0v) is 29.5. The summed E-state index contributed by atoms with van der Waals surface area (Å²) < 4.78 is 153. The van der Waals surface area contributed by atoms with E-state index in [9.17, 15) is 52.7 Å². The fraction of sp³-hybridized carbons (Fsp3) is 0.405. The first-order chi connectivity index (χ1) is 25.2. The number of amides is 1. The summed E-state index contributed by atoms with van der Waals surface area (Å²) >= 11 is 0. The molecule has 0 aliphatic carbocycles. The van der Waals surface area contributed by atoms with Gasteiger partial charge in [-0.2, -0.15) is 39.5 Å². The van der Waals surface area contributed by atoms with Crippen molar-refractivity contribution < 1.29 is 52.7 Å². The van der Waals surface area contributed by atoms with Crippen molar-refractivity contribution in [1.29, 1.82) is 0 Å². The maximum absolute atomic E-state index is 14.6. The average molecular weight is 787 g/mol. The van der Waals surface area contributed by atoms with E-state index < -0.39 is 68.4 Å². The van der Waals surface area contributed by atoms with E-state index in [1.54, 1.807) is 4.90 Å². The van der Waals surface area contributed by atoms with Crippen LogP contribution < -0.4 is 5.32 Å². The third-order valence-corrected chi connectivity index (χ3v) is 11.1.